The Morgan fingerprint density at radius 1 is 0.941 bits per heavy atom. The Kier molecular flexibility index (Phi) is 5.59. The van der Waals surface area contributed by atoms with E-state index in [0.717, 1.165) is 22.4 Å². The fraction of sp³-hybridized carbons (Fsp3) is 0.148. The van der Waals surface area contributed by atoms with Gasteiger partial charge in [-0.05, 0) is 42.3 Å². The fourth-order valence-corrected chi connectivity index (χ4v) is 3.99. The van der Waals surface area contributed by atoms with Gasteiger partial charge in [0.2, 0.25) is 0 Å². The SMILES string of the molecule is COc1ccc(Cn2c(N)c(C(=O)NCc3ccc(C)cc3)c3nc4ccccc4nc32)cc1. The Balaban J connectivity index is 1.56. The molecule has 0 unspecified atom stereocenters. The van der Waals surface area contributed by atoms with E-state index in [1.807, 2.05) is 84.3 Å². The smallest absolute Gasteiger partial charge is 0.257 e. The minimum Gasteiger partial charge on any atom is -0.497 e. The minimum atomic E-state index is -0.277. The normalized spacial score (nSPS) is 11.1. The van der Waals surface area contributed by atoms with Crippen LogP contribution in [0.1, 0.15) is 27.0 Å². The number of aryl methyl sites for hydroxylation is 1. The van der Waals surface area contributed by atoms with Gasteiger partial charge in [0, 0.05) is 6.54 Å². The summed E-state index contributed by atoms with van der Waals surface area (Å²) in [5, 5.41) is 2.99. The third-order valence-corrected chi connectivity index (χ3v) is 5.89. The summed E-state index contributed by atoms with van der Waals surface area (Å²) in [4.78, 5) is 22.9. The van der Waals surface area contributed by atoms with Gasteiger partial charge in [0.1, 0.15) is 22.6 Å². The van der Waals surface area contributed by atoms with Crippen LogP contribution < -0.4 is 15.8 Å². The highest BCUT2D eigenvalue weighted by Crippen LogP contribution is 2.29. The number of hydrogen-bond donors (Lipinski definition) is 2. The number of nitrogens with one attached hydrogen (secondary N) is 1. The van der Waals surface area contributed by atoms with Crippen molar-refractivity contribution in [3.63, 3.8) is 0 Å². The van der Waals surface area contributed by atoms with Gasteiger partial charge in [0.15, 0.2) is 5.65 Å². The van der Waals surface area contributed by atoms with Gasteiger partial charge in [0.05, 0.1) is 24.7 Å². The van der Waals surface area contributed by atoms with Crippen LogP contribution in [0.5, 0.6) is 5.75 Å². The maximum Gasteiger partial charge on any atom is 0.257 e. The number of carbonyl (C=O) groups excluding carboxylic acids is 1. The first-order valence-electron chi connectivity index (χ1n) is 11.0. The molecule has 5 rings (SSSR count). The topological polar surface area (TPSA) is 95.1 Å². The molecule has 2 aromatic heterocycles. The average Bonchev–Trinajstić information content (AvgIpc) is 3.12. The summed E-state index contributed by atoms with van der Waals surface area (Å²) >= 11 is 0. The molecular weight excluding hydrogens is 426 g/mol. The molecule has 0 saturated carbocycles. The molecule has 0 radical (unpaired) electrons. The van der Waals surface area contributed by atoms with E-state index >= 15 is 0 Å². The maximum absolute atomic E-state index is 13.3. The van der Waals surface area contributed by atoms with Gasteiger partial charge < -0.3 is 20.4 Å². The second-order valence-corrected chi connectivity index (χ2v) is 8.25. The molecule has 0 bridgehead atoms. The third-order valence-electron chi connectivity index (χ3n) is 5.89. The number of para-hydroxylation sites is 2. The van der Waals surface area contributed by atoms with E-state index < -0.39 is 0 Å². The van der Waals surface area contributed by atoms with Crippen molar-refractivity contribution in [2.45, 2.75) is 20.0 Å². The second-order valence-electron chi connectivity index (χ2n) is 8.25. The largest absolute Gasteiger partial charge is 0.497 e. The molecule has 7 heteroatoms. The van der Waals surface area contributed by atoms with Crippen LogP contribution in [0.2, 0.25) is 0 Å². The molecule has 1 amide bonds. The Bertz CT molecular complexity index is 1490. The van der Waals surface area contributed by atoms with E-state index in [1.54, 1.807) is 7.11 Å². The highest BCUT2D eigenvalue weighted by atomic mass is 16.5. The summed E-state index contributed by atoms with van der Waals surface area (Å²) < 4.78 is 7.10. The molecule has 0 aliphatic heterocycles. The van der Waals surface area contributed by atoms with Gasteiger partial charge >= 0.3 is 0 Å². The first kappa shape index (κ1) is 21.5. The standard InChI is InChI=1S/C27H25N5O2/c1-17-7-9-18(10-8-17)15-29-27(33)23-24-26(31-22-6-4-3-5-21(22)30-24)32(25(23)28)16-19-11-13-20(34-2)14-12-19/h3-14H,15-16,28H2,1-2H3,(H,29,33). The lowest BCUT2D eigenvalue weighted by Crippen LogP contribution is -2.24. The van der Waals surface area contributed by atoms with Crippen LogP contribution >= 0.6 is 0 Å². The summed E-state index contributed by atoms with van der Waals surface area (Å²) in [6.07, 6.45) is 0. The lowest BCUT2D eigenvalue weighted by Gasteiger charge is -2.09. The molecular formula is C27H25N5O2. The molecule has 7 nitrogen and oxygen atoms in total. The van der Waals surface area contributed by atoms with E-state index in [0.29, 0.717) is 41.2 Å². The monoisotopic (exact) mass is 451 g/mol. The van der Waals surface area contributed by atoms with Crippen LogP contribution in [0.4, 0.5) is 5.82 Å². The third kappa shape index (κ3) is 4.03. The van der Waals surface area contributed by atoms with Crippen molar-refractivity contribution in [3.8, 4) is 5.75 Å². The number of rotatable bonds is 6. The highest BCUT2D eigenvalue weighted by Gasteiger charge is 2.24. The van der Waals surface area contributed by atoms with Gasteiger partial charge in [-0.25, -0.2) is 9.97 Å². The van der Waals surface area contributed by atoms with Gasteiger partial charge in [0.25, 0.3) is 5.91 Å². The first-order valence-corrected chi connectivity index (χ1v) is 11.0. The molecule has 3 N–H and O–H groups in total. The molecule has 2 heterocycles. The predicted octanol–water partition coefficient (Wildman–Crippen LogP) is 4.46. The summed E-state index contributed by atoms with van der Waals surface area (Å²) in [6, 6.07) is 23.4. The van der Waals surface area contributed by atoms with E-state index in [4.69, 9.17) is 20.4 Å². The average molecular weight is 452 g/mol. The molecule has 0 saturated heterocycles. The second kappa shape index (κ2) is 8.86. The van der Waals surface area contributed by atoms with Gasteiger partial charge in [-0.15, -0.1) is 0 Å². The van der Waals surface area contributed by atoms with Gasteiger partial charge in [-0.2, -0.15) is 0 Å². The number of nitrogens with zero attached hydrogens (tertiary/aromatic N) is 3. The van der Waals surface area contributed by atoms with Crippen LogP contribution in [-0.2, 0) is 13.1 Å². The highest BCUT2D eigenvalue weighted by molar-refractivity contribution is 6.10. The quantitative estimate of drug-likeness (QED) is 0.397. The number of ether oxygens (including phenoxy) is 1. The number of amides is 1. The van der Waals surface area contributed by atoms with Crippen molar-refractivity contribution in [2.75, 3.05) is 12.8 Å². The Morgan fingerprint density at radius 3 is 2.26 bits per heavy atom. The molecule has 170 valence electrons. The van der Waals surface area contributed by atoms with Crippen molar-refractivity contribution < 1.29 is 9.53 Å². The Labute approximate surface area is 197 Å². The molecule has 34 heavy (non-hydrogen) atoms. The maximum atomic E-state index is 13.3. The molecule has 0 fully saturated rings. The number of hydrogen-bond acceptors (Lipinski definition) is 5. The minimum absolute atomic E-state index is 0.277. The number of methoxy groups -OCH3 is 1. The van der Waals surface area contributed by atoms with Crippen molar-refractivity contribution in [2.24, 2.45) is 0 Å². The summed E-state index contributed by atoms with van der Waals surface area (Å²) in [7, 11) is 1.63. The fourth-order valence-electron chi connectivity index (χ4n) is 3.99. The van der Waals surface area contributed by atoms with Crippen LogP contribution in [0.15, 0.2) is 72.8 Å². The molecule has 5 aromatic rings. The summed E-state index contributed by atoms with van der Waals surface area (Å²) in [5.74, 6) is 0.833. The first-order chi connectivity index (χ1) is 16.5. The molecule has 0 aliphatic rings. The number of fused-ring (bicyclic) bond motifs is 2. The number of carbonyl (C=O) groups is 1. The van der Waals surface area contributed by atoms with Gasteiger partial charge in [-0.3, -0.25) is 4.79 Å². The van der Waals surface area contributed by atoms with Crippen molar-refractivity contribution in [1.82, 2.24) is 19.9 Å². The number of nitrogen functional groups attached to an aromatic ring is 1. The van der Waals surface area contributed by atoms with Crippen LogP contribution in [0.25, 0.3) is 22.2 Å². The predicted molar refractivity (Wildman–Crippen MR) is 134 cm³/mol. The molecule has 3 aromatic carbocycles. The van der Waals surface area contributed by atoms with Crippen molar-refractivity contribution >= 4 is 33.9 Å². The number of anilines is 1. The van der Waals surface area contributed by atoms with Crippen molar-refractivity contribution in [1.29, 1.82) is 0 Å². The van der Waals surface area contributed by atoms with E-state index in [9.17, 15) is 4.79 Å². The lowest BCUT2D eigenvalue weighted by atomic mass is 10.1. The number of aromatic nitrogens is 3. The van der Waals surface area contributed by atoms with Gasteiger partial charge in [-0.1, -0.05) is 54.1 Å². The number of benzene rings is 3. The van der Waals surface area contributed by atoms with E-state index in [-0.39, 0.29) is 5.91 Å². The molecule has 0 aliphatic carbocycles. The Morgan fingerprint density at radius 2 is 1.59 bits per heavy atom. The van der Waals surface area contributed by atoms with Crippen LogP contribution in [0.3, 0.4) is 0 Å². The van der Waals surface area contributed by atoms with E-state index in [1.165, 1.54) is 5.56 Å². The van der Waals surface area contributed by atoms with Crippen LogP contribution in [0, 0.1) is 6.92 Å². The zero-order valence-corrected chi connectivity index (χ0v) is 19.1. The number of nitrogens with two attached hydrogens (primary N) is 1. The van der Waals surface area contributed by atoms with E-state index in [2.05, 4.69) is 5.32 Å². The molecule has 0 spiro atoms. The lowest BCUT2D eigenvalue weighted by molar-refractivity contribution is 0.0953. The summed E-state index contributed by atoms with van der Waals surface area (Å²) in [5.41, 5.74) is 12.6. The Hall–Kier alpha value is -4.39. The zero-order valence-electron chi connectivity index (χ0n) is 19.1. The summed E-state index contributed by atoms with van der Waals surface area (Å²) in [6.45, 7) is 2.87. The molecule has 0 atom stereocenters. The zero-order chi connectivity index (χ0) is 23.7. The van der Waals surface area contributed by atoms with Crippen LogP contribution in [-0.4, -0.2) is 27.6 Å². The van der Waals surface area contributed by atoms with Crippen molar-refractivity contribution in [3.05, 3.63) is 95.1 Å².